The Morgan fingerprint density at radius 1 is 1.14 bits per heavy atom. The van der Waals surface area contributed by atoms with E-state index in [1.165, 1.54) is 18.1 Å². The third-order valence-electron chi connectivity index (χ3n) is 5.19. The molecule has 2 aliphatic heterocycles. The molecule has 4 amide bonds. The average Bonchev–Trinajstić information content (AvgIpc) is 2.92. The van der Waals surface area contributed by atoms with Crippen LogP contribution in [0.25, 0.3) is 0 Å². The van der Waals surface area contributed by atoms with Gasteiger partial charge in [0, 0.05) is 38.3 Å². The maximum atomic E-state index is 12.9. The van der Waals surface area contributed by atoms with Gasteiger partial charge in [0.25, 0.3) is 17.7 Å². The summed E-state index contributed by atoms with van der Waals surface area (Å²) in [6, 6.07) is 4.73. The lowest BCUT2D eigenvalue weighted by Crippen LogP contribution is -2.47. The van der Waals surface area contributed by atoms with Crippen LogP contribution in [0.1, 0.15) is 57.8 Å². The molecule has 1 saturated heterocycles. The monoisotopic (exact) mass is 401 g/mol. The van der Waals surface area contributed by atoms with Gasteiger partial charge in [-0.05, 0) is 37.0 Å². The number of piperidine rings is 1. The molecule has 0 atom stereocenters. The average molecular weight is 401 g/mol. The number of nitrogens with one attached hydrogen (secondary N) is 1. The van der Waals surface area contributed by atoms with Crippen molar-refractivity contribution in [2.45, 2.75) is 32.7 Å². The van der Waals surface area contributed by atoms with Gasteiger partial charge in [-0.25, -0.2) is 0 Å². The predicted octanol–water partition coefficient (Wildman–Crippen LogP) is 1.31. The third kappa shape index (κ3) is 4.48. The number of methoxy groups -OCH3 is 1. The second kappa shape index (κ2) is 8.73. The van der Waals surface area contributed by atoms with Crippen LogP contribution < -0.4 is 5.32 Å². The molecule has 0 saturated carbocycles. The van der Waals surface area contributed by atoms with E-state index in [2.05, 4.69) is 5.32 Å². The van der Waals surface area contributed by atoms with Gasteiger partial charge in [0.2, 0.25) is 5.91 Å². The topological polar surface area (TPSA) is 96.0 Å². The van der Waals surface area contributed by atoms with E-state index in [9.17, 15) is 19.2 Å². The van der Waals surface area contributed by atoms with E-state index >= 15 is 0 Å². The minimum atomic E-state index is -0.340. The van der Waals surface area contributed by atoms with E-state index < -0.39 is 0 Å². The van der Waals surface area contributed by atoms with Crippen LogP contribution in [0.5, 0.6) is 0 Å². The maximum Gasteiger partial charge on any atom is 0.261 e. The van der Waals surface area contributed by atoms with Gasteiger partial charge in [-0.1, -0.05) is 13.8 Å². The van der Waals surface area contributed by atoms with Crippen LogP contribution in [-0.2, 0) is 9.53 Å². The van der Waals surface area contributed by atoms with E-state index in [1.54, 1.807) is 17.0 Å². The summed E-state index contributed by atoms with van der Waals surface area (Å²) in [4.78, 5) is 52.6. The summed E-state index contributed by atoms with van der Waals surface area (Å²) in [7, 11) is 1.47. The molecular formula is C21H27N3O5. The normalized spacial score (nSPS) is 17.1. The number of amides is 4. The van der Waals surface area contributed by atoms with Gasteiger partial charge < -0.3 is 15.0 Å². The molecule has 8 nitrogen and oxygen atoms in total. The highest BCUT2D eigenvalue weighted by Crippen LogP contribution is 2.26. The number of hydrogen-bond acceptors (Lipinski definition) is 5. The molecule has 156 valence electrons. The van der Waals surface area contributed by atoms with Crippen LogP contribution >= 0.6 is 0 Å². The van der Waals surface area contributed by atoms with Gasteiger partial charge in [0.05, 0.1) is 11.1 Å². The number of benzene rings is 1. The predicted molar refractivity (Wildman–Crippen MR) is 106 cm³/mol. The second-order valence-corrected chi connectivity index (χ2v) is 7.94. The molecule has 3 rings (SSSR count). The van der Waals surface area contributed by atoms with Crippen LogP contribution in [-0.4, -0.2) is 72.8 Å². The Bertz CT molecular complexity index is 828. The van der Waals surface area contributed by atoms with Gasteiger partial charge >= 0.3 is 0 Å². The molecule has 0 aliphatic carbocycles. The Morgan fingerprint density at radius 2 is 1.79 bits per heavy atom. The van der Waals surface area contributed by atoms with Crippen molar-refractivity contribution >= 4 is 23.6 Å². The zero-order valence-electron chi connectivity index (χ0n) is 17.1. The largest absolute Gasteiger partial charge is 0.375 e. The highest BCUT2D eigenvalue weighted by molar-refractivity contribution is 6.22. The first kappa shape index (κ1) is 21.0. The lowest BCUT2D eigenvalue weighted by atomic mass is 10.0. The molecule has 8 heteroatoms. The van der Waals surface area contributed by atoms with Crippen molar-refractivity contribution in [3.63, 3.8) is 0 Å². The van der Waals surface area contributed by atoms with Crippen LogP contribution in [0.15, 0.2) is 18.2 Å². The highest BCUT2D eigenvalue weighted by atomic mass is 16.5. The lowest BCUT2D eigenvalue weighted by Gasteiger charge is -2.32. The molecule has 0 aromatic heterocycles. The Labute approximate surface area is 170 Å². The smallest absolute Gasteiger partial charge is 0.261 e. The number of rotatable bonds is 6. The van der Waals surface area contributed by atoms with Crippen molar-refractivity contribution in [1.82, 2.24) is 15.1 Å². The third-order valence-corrected chi connectivity index (χ3v) is 5.19. The number of hydrogen-bond donors (Lipinski definition) is 1. The summed E-state index contributed by atoms with van der Waals surface area (Å²) in [6.07, 6.45) is 1.32. The Morgan fingerprint density at radius 3 is 2.41 bits per heavy atom. The van der Waals surface area contributed by atoms with Crippen molar-refractivity contribution in [1.29, 1.82) is 0 Å². The summed E-state index contributed by atoms with van der Waals surface area (Å²) < 4.78 is 4.81. The number of likely N-dealkylation sites (tertiary alicyclic amines) is 1. The molecule has 0 spiro atoms. The molecule has 1 aromatic carbocycles. The number of imide groups is 1. The van der Waals surface area contributed by atoms with Crippen LogP contribution in [0.2, 0.25) is 0 Å². The van der Waals surface area contributed by atoms with E-state index in [1.807, 2.05) is 13.8 Å². The molecule has 0 unspecified atom stereocenters. The molecule has 0 bridgehead atoms. The van der Waals surface area contributed by atoms with E-state index in [-0.39, 0.29) is 42.2 Å². The number of carbonyl (C=O) groups excluding carboxylic acids is 4. The van der Waals surface area contributed by atoms with Gasteiger partial charge in [-0.2, -0.15) is 0 Å². The fraction of sp³-hybridized carbons (Fsp3) is 0.524. The van der Waals surface area contributed by atoms with Crippen molar-refractivity contribution < 1.29 is 23.9 Å². The molecule has 1 fully saturated rings. The molecule has 29 heavy (non-hydrogen) atoms. The zero-order valence-corrected chi connectivity index (χ0v) is 17.1. The fourth-order valence-electron chi connectivity index (χ4n) is 3.76. The van der Waals surface area contributed by atoms with Crippen LogP contribution in [0.3, 0.4) is 0 Å². The quantitative estimate of drug-likeness (QED) is 0.725. The van der Waals surface area contributed by atoms with Gasteiger partial charge in [0.1, 0.15) is 6.61 Å². The Balaban J connectivity index is 1.65. The first-order valence-corrected chi connectivity index (χ1v) is 9.89. The number of ether oxygens (including phenoxy) is 1. The summed E-state index contributed by atoms with van der Waals surface area (Å²) in [5.41, 5.74) is 1.05. The zero-order chi connectivity index (χ0) is 21.1. The van der Waals surface area contributed by atoms with Gasteiger partial charge in [-0.15, -0.1) is 0 Å². The Hall–Kier alpha value is -2.74. The molecule has 1 aromatic rings. The number of carbonyl (C=O) groups is 4. The number of nitrogens with zero attached hydrogens (tertiary/aromatic N) is 2. The van der Waals surface area contributed by atoms with Gasteiger partial charge in [0.15, 0.2) is 0 Å². The summed E-state index contributed by atoms with van der Waals surface area (Å²) in [6.45, 7) is 5.30. The van der Waals surface area contributed by atoms with Crippen molar-refractivity contribution in [2.75, 3.05) is 33.4 Å². The highest BCUT2D eigenvalue weighted by Gasteiger charge is 2.36. The summed E-state index contributed by atoms with van der Waals surface area (Å²) in [5, 5.41) is 2.89. The minimum Gasteiger partial charge on any atom is -0.375 e. The number of fused-ring (bicyclic) bond motifs is 1. The van der Waals surface area contributed by atoms with Gasteiger partial charge in [-0.3, -0.25) is 24.1 Å². The summed E-state index contributed by atoms with van der Waals surface area (Å²) >= 11 is 0. The lowest BCUT2D eigenvalue weighted by molar-refractivity contribution is -0.125. The Kier molecular flexibility index (Phi) is 6.32. The second-order valence-electron chi connectivity index (χ2n) is 7.94. The van der Waals surface area contributed by atoms with E-state index in [0.717, 1.165) is 0 Å². The molecule has 1 N–H and O–H groups in total. The molecular weight excluding hydrogens is 374 g/mol. The molecule has 0 radical (unpaired) electrons. The molecule has 2 aliphatic rings. The summed E-state index contributed by atoms with van der Waals surface area (Å²) in [5.74, 6) is -0.802. The van der Waals surface area contributed by atoms with Crippen molar-refractivity contribution in [3.05, 3.63) is 34.9 Å². The van der Waals surface area contributed by atoms with E-state index in [4.69, 9.17) is 4.74 Å². The maximum absolute atomic E-state index is 12.9. The van der Waals surface area contributed by atoms with Crippen molar-refractivity contribution in [3.8, 4) is 0 Å². The van der Waals surface area contributed by atoms with Crippen LogP contribution in [0.4, 0.5) is 0 Å². The van der Waals surface area contributed by atoms with E-state index in [0.29, 0.717) is 49.2 Å². The minimum absolute atomic E-state index is 0.0190. The first-order chi connectivity index (χ1) is 13.8. The SMILES string of the molecule is COCC(=O)NC1CCN(C(=O)c2ccc3c(c2)C(=O)N(CC(C)C)C3=O)CC1. The standard InChI is InChI=1S/C21H27N3O5/c1-13(2)11-24-20(27)16-5-4-14(10-17(16)21(24)28)19(26)23-8-6-15(7-9-23)22-18(25)12-29-3/h4-5,10,13,15H,6-9,11-12H2,1-3H3,(H,22,25). The molecule has 2 heterocycles. The van der Waals surface area contributed by atoms with Crippen molar-refractivity contribution in [2.24, 2.45) is 5.92 Å². The first-order valence-electron chi connectivity index (χ1n) is 9.89. The van der Waals surface area contributed by atoms with Crippen LogP contribution in [0, 0.1) is 5.92 Å². The fourth-order valence-corrected chi connectivity index (χ4v) is 3.76.